The van der Waals surface area contributed by atoms with Gasteiger partial charge in [0.2, 0.25) is 6.29 Å². The fourth-order valence-corrected chi connectivity index (χ4v) is 9.48. The van der Waals surface area contributed by atoms with Gasteiger partial charge in [-0.3, -0.25) is 9.59 Å². The lowest BCUT2D eigenvalue weighted by Crippen LogP contribution is -2.51. The number of amides is 2. The Kier molecular flexibility index (Phi) is 9.86. The quantitative estimate of drug-likeness (QED) is 0.130. The number of hydrogen-bond donors (Lipinski definition) is 2. The van der Waals surface area contributed by atoms with Crippen molar-refractivity contribution in [3.05, 3.63) is 11.6 Å². The first-order valence-electron chi connectivity index (χ1n) is 16.0. The lowest BCUT2D eigenvalue weighted by molar-refractivity contribution is -0.131. The number of alkyl carbamates (subject to hydrolysis) is 1. The Hall–Kier alpha value is -1.85. The van der Waals surface area contributed by atoms with Crippen molar-refractivity contribution in [3.8, 4) is 0 Å². The van der Waals surface area contributed by atoms with Gasteiger partial charge in [-0.05, 0) is 97.7 Å². The second-order valence-corrected chi connectivity index (χ2v) is 14.2. The highest BCUT2D eigenvalue weighted by Crippen LogP contribution is 2.67. The highest BCUT2D eigenvalue weighted by molar-refractivity contribution is 6.23. The SMILES string of the molecule is CC(C)CCC[C@@H](C)[C@H]1CC[C@H]2[C@@H]3CC=C4C[C@@H](OC(=O)NCCCNC(=O)C=O)CC[C@]4(C)[C@H]3CC[C@]12C. The molecule has 8 atom stereocenters. The molecule has 0 aromatic rings. The predicted octanol–water partition coefficient (Wildman–Crippen LogP) is 6.83. The highest BCUT2D eigenvalue weighted by Gasteiger charge is 2.59. The average Bonchev–Trinajstić information content (AvgIpc) is 3.25. The van der Waals surface area contributed by atoms with Crippen LogP contribution in [0.15, 0.2) is 11.6 Å². The van der Waals surface area contributed by atoms with Crippen molar-refractivity contribution in [2.24, 2.45) is 46.3 Å². The van der Waals surface area contributed by atoms with E-state index in [2.05, 4.69) is 51.3 Å². The van der Waals surface area contributed by atoms with Gasteiger partial charge in [0.05, 0.1) is 0 Å². The number of nitrogens with one attached hydrogen (secondary N) is 2. The minimum Gasteiger partial charge on any atom is -0.446 e. The van der Waals surface area contributed by atoms with E-state index in [0.717, 1.165) is 54.8 Å². The van der Waals surface area contributed by atoms with Gasteiger partial charge in [0, 0.05) is 19.5 Å². The summed E-state index contributed by atoms with van der Waals surface area (Å²) in [5, 5.41) is 5.26. The van der Waals surface area contributed by atoms with E-state index in [1.807, 2.05) is 0 Å². The highest BCUT2D eigenvalue weighted by atomic mass is 16.6. The monoisotopic (exact) mass is 542 g/mol. The van der Waals surface area contributed by atoms with Crippen molar-refractivity contribution in [1.29, 1.82) is 0 Å². The van der Waals surface area contributed by atoms with Crippen molar-refractivity contribution in [2.75, 3.05) is 13.1 Å². The molecular formula is C33H54N2O4. The van der Waals surface area contributed by atoms with Gasteiger partial charge < -0.3 is 15.4 Å². The minimum atomic E-state index is -0.632. The second kappa shape index (κ2) is 12.8. The lowest BCUT2D eigenvalue weighted by atomic mass is 9.47. The Morgan fingerprint density at radius 3 is 2.51 bits per heavy atom. The van der Waals surface area contributed by atoms with Crippen LogP contribution in [0.2, 0.25) is 0 Å². The molecule has 6 nitrogen and oxygen atoms in total. The maximum absolute atomic E-state index is 12.4. The molecule has 4 aliphatic rings. The molecular weight excluding hydrogens is 488 g/mol. The molecule has 220 valence electrons. The Labute approximate surface area is 236 Å². The molecule has 0 bridgehead atoms. The van der Waals surface area contributed by atoms with Crippen LogP contribution in [0, 0.1) is 46.3 Å². The lowest BCUT2D eigenvalue weighted by Gasteiger charge is -2.58. The van der Waals surface area contributed by atoms with E-state index >= 15 is 0 Å². The summed E-state index contributed by atoms with van der Waals surface area (Å²) in [5.74, 6) is 4.35. The van der Waals surface area contributed by atoms with Crippen LogP contribution in [0.5, 0.6) is 0 Å². The van der Waals surface area contributed by atoms with Crippen molar-refractivity contribution in [3.63, 3.8) is 0 Å². The van der Waals surface area contributed by atoms with E-state index < -0.39 is 5.91 Å². The van der Waals surface area contributed by atoms with E-state index in [4.69, 9.17) is 4.74 Å². The van der Waals surface area contributed by atoms with Crippen LogP contribution in [0.25, 0.3) is 0 Å². The maximum atomic E-state index is 12.4. The van der Waals surface area contributed by atoms with Crippen LogP contribution in [-0.4, -0.2) is 37.5 Å². The van der Waals surface area contributed by atoms with Gasteiger partial charge in [-0.25, -0.2) is 4.79 Å². The maximum Gasteiger partial charge on any atom is 0.407 e. The van der Waals surface area contributed by atoms with Gasteiger partial charge in [0.25, 0.3) is 5.91 Å². The Morgan fingerprint density at radius 2 is 1.77 bits per heavy atom. The van der Waals surface area contributed by atoms with Crippen molar-refractivity contribution < 1.29 is 19.1 Å². The van der Waals surface area contributed by atoms with Crippen molar-refractivity contribution in [2.45, 2.75) is 118 Å². The minimum absolute atomic E-state index is 0.0629. The largest absolute Gasteiger partial charge is 0.446 e. The molecule has 0 radical (unpaired) electrons. The molecule has 2 amide bonds. The van der Waals surface area contributed by atoms with Crippen LogP contribution < -0.4 is 10.6 Å². The van der Waals surface area contributed by atoms with Gasteiger partial charge >= 0.3 is 6.09 Å². The number of fused-ring (bicyclic) bond motifs is 5. The van der Waals surface area contributed by atoms with Gasteiger partial charge in [-0.1, -0.05) is 65.5 Å². The van der Waals surface area contributed by atoms with Gasteiger partial charge in [-0.15, -0.1) is 0 Å². The first-order chi connectivity index (χ1) is 18.6. The molecule has 3 fully saturated rings. The zero-order valence-electron chi connectivity index (χ0n) is 25.2. The molecule has 6 heteroatoms. The molecule has 3 saturated carbocycles. The van der Waals surface area contributed by atoms with E-state index in [0.29, 0.717) is 24.9 Å². The summed E-state index contributed by atoms with van der Waals surface area (Å²) < 4.78 is 5.81. The van der Waals surface area contributed by atoms with Crippen molar-refractivity contribution >= 4 is 18.3 Å². The molecule has 39 heavy (non-hydrogen) atoms. The molecule has 0 aromatic carbocycles. The Balaban J connectivity index is 1.30. The molecule has 0 unspecified atom stereocenters. The first-order valence-corrected chi connectivity index (χ1v) is 16.0. The number of rotatable bonds is 11. The van der Waals surface area contributed by atoms with Crippen LogP contribution in [0.1, 0.15) is 112 Å². The zero-order chi connectivity index (χ0) is 28.2. The summed E-state index contributed by atoms with van der Waals surface area (Å²) in [6.07, 6.45) is 16.7. The topological polar surface area (TPSA) is 84.5 Å². The molecule has 0 aliphatic heterocycles. The smallest absolute Gasteiger partial charge is 0.407 e. The van der Waals surface area contributed by atoms with Gasteiger partial charge in [-0.2, -0.15) is 0 Å². The fraction of sp³-hybridized carbons (Fsp3) is 0.848. The molecule has 4 rings (SSSR count). The second-order valence-electron chi connectivity index (χ2n) is 14.2. The predicted molar refractivity (Wildman–Crippen MR) is 155 cm³/mol. The van der Waals surface area contributed by atoms with Gasteiger partial charge in [0.1, 0.15) is 6.10 Å². The first kappa shape index (κ1) is 30.1. The third-order valence-electron chi connectivity index (χ3n) is 11.6. The number of carbonyl (C=O) groups is 3. The van der Waals surface area contributed by atoms with E-state index in [9.17, 15) is 14.4 Å². The van der Waals surface area contributed by atoms with Crippen molar-refractivity contribution in [1.82, 2.24) is 10.6 Å². The van der Waals surface area contributed by atoms with E-state index in [1.165, 1.54) is 56.9 Å². The number of allylic oxidation sites excluding steroid dienone is 1. The molecule has 0 heterocycles. The normalized spacial score (nSPS) is 36.2. The summed E-state index contributed by atoms with van der Waals surface area (Å²) in [6, 6.07) is 0. The summed E-state index contributed by atoms with van der Waals surface area (Å²) in [4.78, 5) is 33.7. The number of ether oxygens (including phenoxy) is 1. The summed E-state index contributed by atoms with van der Waals surface area (Å²) in [6.45, 7) is 13.2. The molecule has 0 spiro atoms. The van der Waals surface area contributed by atoms with Gasteiger partial charge in [0.15, 0.2) is 0 Å². The zero-order valence-corrected chi connectivity index (χ0v) is 25.2. The number of hydrogen-bond acceptors (Lipinski definition) is 4. The molecule has 0 aromatic heterocycles. The molecule has 0 saturated heterocycles. The van der Waals surface area contributed by atoms with Crippen LogP contribution in [0.3, 0.4) is 0 Å². The average molecular weight is 543 g/mol. The summed E-state index contributed by atoms with van der Waals surface area (Å²) >= 11 is 0. The third-order valence-corrected chi connectivity index (χ3v) is 11.6. The van der Waals surface area contributed by atoms with Crippen LogP contribution in [0.4, 0.5) is 4.79 Å². The fourth-order valence-electron chi connectivity index (χ4n) is 9.48. The Morgan fingerprint density at radius 1 is 1.00 bits per heavy atom. The number of carbonyl (C=O) groups excluding carboxylic acids is 3. The van der Waals surface area contributed by atoms with E-state index in [-0.39, 0.29) is 23.9 Å². The standard InChI is InChI=1S/C33H54N2O4/c1-22(2)8-6-9-23(3)27-12-13-28-26-11-10-24-20-25(39-31(38)35-19-7-18-34-30(37)21-36)14-16-32(24,4)29(26)15-17-33(27,28)5/h10,21-23,25-29H,6-9,11-20H2,1-5H3,(H,34,37)(H,35,38)/t23-,25+,26+,27-,28+,29+,32+,33-/m1/s1. The summed E-state index contributed by atoms with van der Waals surface area (Å²) in [5.41, 5.74) is 2.29. The third kappa shape index (κ3) is 6.56. The van der Waals surface area contributed by atoms with Crippen LogP contribution >= 0.6 is 0 Å². The summed E-state index contributed by atoms with van der Waals surface area (Å²) in [7, 11) is 0. The van der Waals surface area contributed by atoms with E-state index in [1.54, 1.807) is 0 Å². The van der Waals surface area contributed by atoms with Crippen LogP contribution in [-0.2, 0) is 14.3 Å². The Bertz CT molecular complexity index is 915. The molecule has 2 N–H and O–H groups in total. The number of aldehydes is 1. The molecule has 4 aliphatic carbocycles.